The SMILES string of the molecule is CC(C)C(=O)Nc1ccc(SCc2ccc(F)cc2)nn1. The molecule has 1 aromatic carbocycles. The van der Waals surface area contributed by atoms with Gasteiger partial charge >= 0.3 is 0 Å². The van der Waals surface area contributed by atoms with Crippen molar-refractivity contribution in [3.05, 3.63) is 47.8 Å². The van der Waals surface area contributed by atoms with Crippen molar-refractivity contribution in [2.75, 3.05) is 5.32 Å². The number of aromatic nitrogens is 2. The molecule has 2 aromatic rings. The van der Waals surface area contributed by atoms with E-state index in [2.05, 4.69) is 15.5 Å². The normalized spacial score (nSPS) is 10.7. The molecule has 4 nitrogen and oxygen atoms in total. The second-order valence-electron chi connectivity index (χ2n) is 4.82. The molecule has 0 saturated carbocycles. The van der Waals surface area contributed by atoms with E-state index in [-0.39, 0.29) is 17.6 Å². The molecule has 0 saturated heterocycles. The minimum atomic E-state index is -0.242. The number of nitrogens with zero attached hydrogens (tertiary/aromatic N) is 2. The Bertz CT molecular complexity index is 599. The number of carbonyl (C=O) groups excluding carboxylic acids is 1. The number of amides is 1. The highest BCUT2D eigenvalue weighted by atomic mass is 32.2. The molecule has 1 aromatic heterocycles. The Kier molecular flexibility index (Phi) is 5.27. The van der Waals surface area contributed by atoms with Crippen molar-refractivity contribution in [2.45, 2.75) is 24.6 Å². The van der Waals surface area contributed by atoms with Crippen LogP contribution in [0.2, 0.25) is 0 Å². The van der Waals surface area contributed by atoms with Crippen LogP contribution in [0.15, 0.2) is 41.4 Å². The third-order valence-corrected chi connectivity index (χ3v) is 3.71. The zero-order valence-electron chi connectivity index (χ0n) is 11.8. The first-order chi connectivity index (χ1) is 10.0. The highest BCUT2D eigenvalue weighted by Crippen LogP contribution is 2.21. The number of thioether (sulfide) groups is 1. The summed E-state index contributed by atoms with van der Waals surface area (Å²) < 4.78 is 12.8. The Morgan fingerprint density at radius 2 is 1.90 bits per heavy atom. The third-order valence-electron chi connectivity index (χ3n) is 2.72. The fourth-order valence-corrected chi connectivity index (χ4v) is 2.24. The maximum absolute atomic E-state index is 12.8. The van der Waals surface area contributed by atoms with E-state index in [0.29, 0.717) is 11.6 Å². The average Bonchev–Trinajstić information content (AvgIpc) is 2.48. The first kappa shape index (κ1) is 15.4. The summed E-state index contributed by atoms with van der Waals surface area (Å²) in [6.07, 6.45) is 0. The number of hydrogen-bond acceptors (Lipinski definition) is 4. The Labute approximate surface area is 127 Å². The molecule has 1 amide bonds. The van der Waals surface area contributed by atoms with Gasteiger partial charge in [0.15, 0.2) is 5.82 Å². The summed E-state index contributed by atoms with van der Waals surface area (Å²) in [5.41, 5.74) is 1.01. The van der Waals surface area contributed by atoms with Gasteiger partial charge in [0, 0.05) is 11.7 Å². The number of rotatable bonds is 5. The third kappa shape index (κ3) is 4.82. The van der Waals surface area contributed by atoms with Crippen molar-refractivity contribution in [1.29, 1.82) is 0 Å². The highest BCUT2D eigenvalue weighted by Gasteiger charge is 2.08. The van der Waals surface area contributed by atoms with Gasteiger partial charge in [0.05, 0.1) is 0 Å². The zero-order chi connectivity index (χ0) is 15.2. The molecule has 0 bridgehead atoms. The Morgan fingerprint density at radius 1 is 1.19 bits per heavy atom. The van der Waals surface area contributed by atoms with Gasteiger partial charge in [-0.15, -0.1) is 10.2 Å². The molecule has 0 aliphatic heterocycles. The molecule has 1 heterocycles. The van der Waals surface area contributed by atoms with Gasteiger partial charge in [0.25, 0.3) is 0 Å². The summed E-state index contributed by atoms with van der Waals surface area (Å²) in [5.74, 6) is 0.705. The number of carbonyl (C=O) groups is 1. The number of hydrogen-bond donors (Lipinski definition) is 1. The van der Waals surface area contributed by atoms with Crippen LogP contribution in [-0.4, -0.2) is 16.1 Å². The predicted octanol–water partition coefficient (Wildman–Crippen LogP) is 3.50. The largest absolute Gasteiger partial charge is 0.309 e. The molecule has 0 spiro atoms. The second kappa shape index (κ2) is 7.17. The lowest BCUT2D eigenvalue weighted by atomic mass is 10.2. The van der Waals surface area contributed by atoms with Crippen molar-refractivity contribution < 1.29 is 9.18 Å². The fourth-order valence-electron chi connectivity index (χ4n) is 1.47. The molecule has 6 heteroatoms. The van der Waals surface area contributed by atoms with Crippen LogP contribution in [0.4, 0.5) is 10.2 Å². The number of halogens is 1. The second-order valence-corrected chi connectivity index (χ2v) is 5.81. The molecule has 0 aliphatic carbocycles. The van der Waals surface area contributed by atoms with Crippen LogP contribution in [0.3, 0.4) is 0 Å². The smallest absolute Gasteiger partial charge is 0.228 e. The fraction of sp³-hybridized carbons (Fsp3) is 0.267. The summed E-state index contributed by atoms with van der Waals surface area (Å²) >= 11 is 1.50. The van der Waals surface area contributed by atoms with E-state index in [0.717, 1.165) is 10.6 Å². The number of nitrogens with one attached hydrogen (secondary N) is 1. The summed E-state index contributed by atoms with van der Waals surface area (Å²) in [7, 11) is 0. The molecular formula is C15H16FN3OS. The molecule has 110 valence electrons. The monoisotopic (exact) mass is 305 g/mol. The maximum atomic E-state index is 12.8. The quantitative estimate of drug-likeness (QED) is 0.859. The van der Waals surface area contributed by atoms with E-state index >= 15 is 0 Å². The van der Waals surface area contributed by atoms with Crippen molar-refractivity contribution in [1.82, 2.24) is 10.2 Å². The molecule has 0 fully saturated rings. The molecule has 0 unspecified atom stereocenters. The van der Waals surface area contributed by atoms with Gasteiger partial charge in [-0.3, -0.25) is 4.79 Å². The summed E-state index contributed by atoms with van der Waals surface area (Å²) in [6.45, 7) is 3.63. The molecule has 21 heavy (non-hydrogen) atoms. The van der Waals surface area contributed by atoms with E-state index in [1.807, 2.05) is 13.8 Å². The van der Waals surface area contributed by atoms with Crippen molar-refractivity contribution in [2.24, 2.45) is 5.92 Å². The lowest BCUT2D eigenvalue weighted by Crippen LogP contribution is -2.18. The first-order valence-corrected chi connectivity index (χ1v) is 7.55. The van der Waals surface area contributed by atoms with Crippen LogP contribution in [0.5, 0.6) is 0 Å². The highest BCUT2D eigenvalue weighted by molar-refractivity contribution is 7.98. The standard InChI is InChI=1S/C15H16FN3OS/c1-10(2)15(20)17-13-7-8-14(19-18-13)21-9-11-3-5-12(16)6-4-11/h3-8,10H,9H2,1-2H3,(H,17,18,20). The topological polar surface area (TPSA) is 54.9 Å². The minimum Gasteiger partial charge on any atom is -0.309 e. The molecule has 1 N–H and O–H groups in total. The van der Waals surface area contributed by atoms with Crippen LogP contribution in [0.25, 0.3) is 0 Å². The zero-order valence-corrected chi connectivity index (χ0v) is 12.7. The van der Waals surface area contributed by atoms with Gasteiger partial charge in [-0.2, -0.15) is 0 Å². The number of anilines is 1. The van der Waals surface area contributed by atoms with Gasteiger partial charge in [-0.25, -0.2) is 4.39 Å². The molecule has 0 atom stereocenters. The molecular weight excluding hydrogens is 289 g/mol. The van der Waals surface area contributed by atoms with Crippen molar-refractivity contribution >= 4 is 23.5 Å². The minimum absolute atomic E-state index is 0.0870. The maximum Gasteiger partial charge on any atom is 0.228 e. The average molecular weight is 305 g/mol. The number of benzene rings is 1. The predicted molar refractivity (Wildman–Crippen MR) is 81.5 cm³/mol. The van der Waals surface area contributed by atoms with E-state index < -0.39 is 0 Å². The van der Waals surface area contributed by atoms with E-state index in [4.69, 9.17) is 0 Å². The van der Waals surface area contributed by atoms with Crippen molar-refractivity contribution in [3.63, 3.8) is 0 Å². The van der Waals surface area contributed by atoms with Gasteiger partial charge < -0.3 is 5.32 Å². The van der Waals surface area contributed by atoms with Crippen LogP contribution in [0, 0.1) is 11.7 Å². The van der Waals surface area contributed by atoms with Gasteiger partial charge in [0.2, 0.25) is 5.91 Å². The summed E-state index contributed by atoms with van der Waals surface area (Å²) in [4.78, 5) is 11.5. The summed E-state index contributed by atoms with van der Waals surface area (Å²) in [5, 5.41) is 11.4. The lowest BCUT2D eigenvalue weighted by molar-refractivity contribution is -0.118. The Balaban J connectivity index is 1.90. The first-order valence-electron chi connectivity index (χ1n) is 6.56. The molecule has 0 aliphatic rings. The Morgan fingerprint density at radius 3 is 2.48 bits per heavy atom. The van der Waals surface area contributed by atoms with E-state index in [9.17, 15) is 9.18 Å². The van der Waals surface area contributed by atoms with Gasteiger partial charge in [-0.1, -0.05) is 37.7 Å². The van der Waals surface area contributed by atoms with Crippen LogP contribution in [-0.2, 0) is 10.5 Å². The van der Waals surface area contributed by atoms with Crippen LogP contribution in [0.1, 0.15) is 19.4 Å². The Hall–Kier alpha value is -1.95. The van der Waals surface area contributed by atoms with Crippen LogP contribution < -0.4 is 5.32 Å². The van der Waals surface area contributed by atoms with Gasteiger partial charge in [-0.05, 0) is 29.8 Å². The molecule has 2 rings (SSSR count). The van der Waals surface area contributed by atoms with E-state index in [1.54, 1.807) is 24.3 Å². The summed E-state index contributed by atoms with van der Waals surface area (Å²) in [6, 6.07) is 9.88. The van der Waals surface area contributed by atoms with E-state index in [1.165, 1.54) is 23.9 Å². The van der Waals surface area contributed by atoms with Crippen molar-refractivity contribution in [3.8, 4) is 0 Å². The molecule has 0 radical (unpaired) electrons. The van der Waals surface area contributed by atoms with Gasteiger partial charge in [0.1, 0.15) is 10.8 Å². The van der Waals surface area contributed by atoms with Crippen LogP contribution >= 0.6 is 11.8 Å². The lowest BCUT2D eigenvalue weighted by Gasteiger charge is -2.06.